The lowest BCUT2D eigenvalue weighted by molar-refractivity contribution is -0.151. The molecule has 0 aromatic heterocycles. The number of hydrogen-bond donors (Lipinski definition) is 1. The van der Waals surface area contributed by atoms with Gasteiger partial charge in [0, 0.05) is 12.6 Å². The fourth-order valence-corrected chi connectivity index (χ4v) is 2.47. The summed E-state index contributed by atoms with van der Waals surface area (Å²) in [5, 5.41) is 3.38. The summed E-state index contributed by atoms with van der Waals surface area (Å²) in [6.45, 7) is 14.9. The van der Waals surface area contributed by atoms with Crippen LogP contribution in [-0.2, 0) is 9.53 Å². The van der Waals surface area contributed by atoms with Gasteiger partial charge in [-0.15, -0.1) is 0 Å². The third-order valence-electron chi connectivity index (χ3n) is 4.24. The first-order chi connectivity index (χ1) is 9.80. The van der Waals surface area contributed by atoms with Gasteiger partial charge in [-0.3, -0.25) is 4.79 Å². The SMILES string of the molecule is CCCNC(C)(CC(C)N(C)CC(C)CC)C(=O)OCC. The van der Waals surface area contributed by atoms with E-state index in [-0.39, 0.29) is 5.97 Å². The molecule has 0 aromatic carbocycles. The number of esters is 1. The van der Waals surface area contributed by atoms with Crippen molar-refractivity contribution in [3.8, 4) is 0 Å². The summed E-state index contributed by atoms with van der Waals surface area (Å²) in [6, 6.07) is 0.331. The minimum atomic E-state index is -0.602. The van der Waals surface area contributed by atoms with Crippen molar-refractivity contribution in [1.82, 2.24) is 10.2 Å². The van der Waals surface area contributed by atoms with Crippen molar-refractivity contribution in [2.75, 3.05) is 26.7 Å². The molecular weight excluding hydrogens is 264 g/mol. The van der Waals surface area contributed by atoms with Crippen LogP contribution in [0.2, 0.25) is 0 Å². The Labute approximate surface area is 131 Å². The number of nitrogens with one attached hydrogen (secondary N) is 1. The van der Waals surface area contributed by atoms with Crippen LogP contribution in [0, 0.1) is 5.92 Å². The fraction of sp³-hybridized carbons (Fsp3) is 0.941. The van der Waals surface area contributed by atoms with Crippen molar-refractivity contribution in [3.63, 3.8) is 0 Å². The second kappa shape index (κ2) is 10.2. The lowest BCUT2D eigenvalue weighted by Crippen LogP contribution is -2.54. The molecule has 4 heteroatoms. The second-order valence-corrected chi connectivity index (χ2v) is 6.49. The maximum atomic E-state index is 12.3. The number of carbonyl (C=O) groups excluding carboxylic acids is 1. The first-order valence-electron chi connectivity index (χ1n) is 8.43. The minimum Gasteiger partial charge on any atom is -0.465 e. The van der Waals surface area contributed by atoms with Crippen molar-refractivity contribution in [2.24, 2.45) is 5.92 Å². The average Bonchev–Trinajstić information content (AvgIpc) is 2.44. The van der Waals surface area contributed by atoms with Crippen molar-refractivity contribution in [2.45, 2.75) is 72.4 Å². The summed E-state index contributed by atoms with van der Waals surface area (Å²) in [5.74, 6) is 0.539. The Morgan fingerprint density at radius 3 is 2.38 bits per heavy atom. The standard InChI is InChI=1S/C17H36N2O2/c1-8-11-18-17(6,16(20)21-10-3)12-15(5)19(7)13-14(4)9-2/h14-15,18H,8-13H2,1-7H3. The molecule has 3 atom stereocenters. The van der Waals surface area contributed by atoms with Crippen LogP contribution in [-0.4, -0.2) is 49.2 Å². The normalized spacial score (nSPS) is 17.3. The summed E-state index contributed by atoms with van der Waals surface area (Å²) in [4.78, 5) is 14.7. The Morgan fingerprint density at radius 1 is 1.29 bits per heavy atom. The maximum Gasteiger partial charge on any atom is 0.326 e. The van der Waals surface area contributed by atoms with E-state index in [0.717, 1.165) is 25.9 Å². The van der Waals surface area contributed by atoms with Crippen molar-refractivity contribution >= 4 is 5.97 Å². The van der Waals surface area contributed by atoms with E-state index in [0.29, 0.717) is 18.6 Å². The van der Waals surface area contributed by atoms with Crippen molar-refractivity contribution < 1.29 is 9.53 Å². The molecule has 21 heavy (non-hydrogen) atoms. The number of ether oxygens (including phenoxy) is 1. The van der Waals surface area contributed by atoms with E-state index in [9.17, 15) is 4.79 Å². The molecule has 1 N–H and O–H groups in total. The van der Waals surface area contributed by atoms with Gasteiger partial charge in [-0.1, -0.05) is 27.2 Å². The summed E-state index contributed by atoms with van der Waals surface area (Å²) in [6.07, 6.45) is 2.95. The predicted molar refractivity (Wildman–Crippen MR) is 89.5 cm³/mol. The molecule has 126 valence electrons. The molecule has 0 bridgehead atoms. The Morgan fingerprint density at radius 2 is 1.90 bits per heavy atom. The topological polar surface area (TPSA) is 41.6 Å². The Hall–Kier alpha value is -0.610. The molecule has 0 aliphatic heterocycles. The fourth-order valence-electron chi connectivity index (χ4n) is 2.47. The summed E-state index contributed by atoms with van der Waals surface area (Å²) < 4.78 is 5.27. The smallest absolute Gasteiger partial charge is 0.326 e. The quantitative estimate of drug-likeness (QED) is 0.595. The first-order valence-corrected chi connectivity index (χ1v) is 8.43. The average molecular weight is 300 g/mol. The van der Waals surface area contributed by atoms with E-state index in [1.165, 1.54) is 6.42 Å². The Bertz CT molecular complexity index is 297. The molecule has 0 radical (unpaired) electrons. The van der Waals surface area contributed by atoms with E-state index in [1.54, 1.807) is 0 Å². The number of carbonyl (C=O) groups is 1. The minimum absolute atomic E-state index is 0.137. The van der Waals surface area contributed by atoms with Gasteiger partial charge in [0.15, 0.2) is 0 Å². The maximum absolute atomic E-state index is 12.3. The molecule has 0 saturated carbocycles. The van der Waals surface area contributed by atoms with Crippen LogP contribution in [0.1, 0.15) is 60.8 Å². The third kappa shape index (κ3) is 7.28. The van der Waals surface area contributed by atoms with Gasteiger partial charge < -0.3 is 15.0 Å². The molecule has 4 nitrogen and oxygen atoms in total. The van der Waals surface area contributed by atoms with Gasteiger partial charge in [0.1, 0.15) is 5.54 Å². The lowest BCUT2D eigenvalue weighted by Gasteiger charge is -2.35. The zero-order valence-electron chi connectivity index (χ0n) is 15.2. The van der Waals surface area contributed by atoms with Gasteiger partial charge in [0.2, 0.25) is 0 Å². The molecule has 0 aliphatic carbocycles. The highest BCUT2D eigenvalue weighted by molar-refractivity contribution is 5.80. The number of rotatable bonds is 11. The third-order valence-corrected chi connectivity index (χ3v) is 4.24. The van der Waals surface area contributed by atoms with Crippen LogP contribution in [0.5, 0.6) is 0 Å². The van der Waals surface area contributed by atoms with E-state index >= 15 is 0 Å². The highest BCUT2D eigenvalue weighted by Crippen LogP contribution is 2.19. The molecule has 0 fully saturated rings. The summed E-state index contributed by atoms with van der Waals surface area (Å²) >= 11 is 0. The molecule has 3 unspecified atom stereocenters. The van der Waals surface area contributed by atoms with Crippen molar-refractivity contribution in [1.29, 1.82) is 0 Å². The van der Waals surface area contributed by atoms with Gasteiger partial charge in [0.05, 0.1) is 6.61 Å². The molecule has 0 rings (SSSR count). The van der Waals surface area contributed by atoms with Crippen LogP contribution in [0.4, 0.5) is 0 Å². The highest BCUT2D eigenvalue weighted by Gasteiger charge is 2.36. The largest absolute Gasteiger partial charge is 0.465 e. The van der Waals surface area contributed by atoms with Crippen LogP contribution in [0.15, 0.2) is 0 Å². The molecule has 0 aromatic rings. The zero-order valence-corrected chi connectivity index (χ0v) is 15.2. The van der Waals surface area contributed by atoms with Crippen LogP contribution < -0.4 is 5.32 Å². The van der Waals surface area contributed by atoms with Gasteiger partial charge >= 0.3 is 5.97 Å². The van der Waals surface area contributed by atoms with Gasteiger partial charge in [-0.2, -0.15) is 0 Å². The number of nitrogens with zero attached hydrogens (tertiary/aromatic N) is 1. The van der Waals surface area contributed by atoms with Gasteiger partial charge in [0.25, 0.3) is 0 Å². The van der Waals surface area contributed by atoms with Gasteiger partial charge in [-0.05, 0) is 53.1 Å². The lowest BCUT2D eigenvalue weighted by atomic mass is 9.92. The molecule has 0 aliphatic rings. The summed E-state index contributed by atoms with van der Waals surface area (Å²) in [7, 11) is 2.14. The van der Waals surface area contributed by atoms with Crippen molar-refractivity contribution in [3.05, 3.63) is 0 Å². The Kier molecular flexibility index (Phi) is 9.88. The highest BCUT2D eigenvalue weighted by atomic mass is 16.5. The van der Waals surface area contributed by atoms with Crippen LogP contribution in [0.25, 0.3) is 0 Å². The second-order valence-electron chi connectivity index (χ2n) is 6.49. The molecular formula is C17H36N2O2. The summed E-state index contributed by atoms with van der Waals surface area (Å²) in [5.41, 5.74) is -0.602. The van der Waals surface area contributed by atoms with Crippen LogP contribution in [0.3, 0.4) is 0 Å². The van der Waals surface area contributed by atoms with E-state index < -0.39 is 5.54 Å². The number of hydrogen-bond acceptors (Lipinski definition) is 4. The zero-order chi connectivity index (χ0) is 16.5. The monoisotopic (exact) mass is 300 g/mol. The molecule has 0 amide bonds. The van der Waals surface area contributed by atoms with E-state index in [1.807, 2.05) is 13.8 Å². The van der Waals surface area contributed by atoms with E-state index in [2.05, 4.69) is 45.0 Å². The first kappa shape index (κ1) is 20.4. The molecule has 0 heterocycles. The van der Waals surface area contributed by atoms with E-state index in [4.69, 9.17) is 4.74 Å². The van der Waals surface area contributed by atoms with Crippen LogP contribution >= 0.6 is 0 Å². The molecule has 0 saturated heterocycles. The Balaban J connectivity index is 4.74. The predicted octanol–water partition coefficient (Wildman–Crippen LogP) is 3.06. The molecule has 0 spiro atoms. The van der Waals surface area contributed by atoms with Gasteiger partial charge in [-0.25, -0.2) is 0 Å².